The number of nitrogens with zero attached hydrogens (tertiary/aromatic N) is 1. The van der Waals surface area contributed by atoms with Gasteiger partial charge in [0.05, 0.1) is 6.10 Å². The number of rotatable bonds is 6. The number of hydrogen-bond acceptors (Lipinski definition) is 5. The lowest BCUT2D eigenvalue weighted by Crippen LogP contribution is -2.40. The summed E-state index contributed by atoms with van der Waals surface area (Å²) < 4.78 is 18.9. The van der Waals surface area contributed by atoms with Crippen LogP contribution >= 0.6 is 11.6 Å². The van der Waals surface area contributed by atoms with E-state index in [1.807, 2.05) is 44.2 Å². The van der Waals surface area contributed by atoms with Crippen molar-refractivity contribution in [3.05, 3.63) is 99.5 Å². The Kier molecular flexibility index (Phi) is 6.76. The zero-order valence-electron chi connectivity index (χ0n) is 20.8. The average Bonchev–Trinajstić information content (AvgIpc) is 3.10. The SMILES string of the molecule is Cc1cc(C)c(C2=C(OCc3ccccc3)[C@]3(CC[C@H](Oc4ccnc(Cl)c4)CC3)OC2=O)c(C)c1. The first-order valence-corrected chi connectivity index (χ1v) is 12.7. The fourth-order valence-electron chi connectivity index (χ4n) is 5.47. The Bertz CT molecular complexity index is 1290. The summed E-state index contributed by atoms with van der Waals surface area (Å²) >= 11 is 6.02. The lowest BCUT2D eigenvalue weighted by molar-refractivity contribution is -0.152. The van der Waals surface area contributed by atoms with Crippen molar-refractivity contribution in [2.24, 2.45) is 0 Å². The number of pyridine rings is 1. The monoisotopic (exact) mass is 503 g/mol. The average molecular weight is 504 g/mol. The zero-order chi connectivity index (χ0) is 25.3. The summed E-state index contributed by atoms with van der Waals surface area (Å²) in [4.78, 5) is 17.5. The maximum absolute atomic E-state index is 13.5. The van der Waals surface area contributed by atoms with Gasteiger partial charge in [0.1, 0.15) is 23.1 Å². The third-order valence-electron chi connectivity index (χ3n) is 7.03. The number of carbonyl (C=O) groups is 1. The van der Waals surface area contributed by atoms with Crippen LogP contribution in [0.1, 0.15) is 53.5 Å². The molecule has 5 nitrogen and oxygen atoms in total. The van der Waals surface area contributed by atoms with Crippen LogP contribution in [-0.4, -0.2) is 22.7 Å². The predicted octanol–water partition coefficient (Wildman–Crippen LogP) is 6.91. The second kappa shape index (κ2) is 9.98. The van der Waals surface area contributed by atoms with Crippen molar-refractivity contribution in [3.8, 4) is 5.75 Å². The van der Waals surface area contributed by atoms with E-state index in [0.717, 1.165) is 40.7 Å². The third kappa shape index (κ3) is 4.85. The summed E-state index contributed by atoms with van der Waals surface area (Å²) in [5.41, 5.74) is 4.98. The maximum atomic E-state index is 13.5. The van der Waals surface area contributed by atoms with E-state index < -0.39 is 5.60 Å². The molecule has 1 aliphatic carbocycles. The molecule has 0 atom stereocenters. The first-order chi connectivity index (χ1) is 17.3. The molecule has 186 valence electrons. The van der Waals surface area contributed by atoms with Crippen LogP contribution < -0.4 is 4.74 Å². The largest absolute Gasteiger partial charge is 0.490 e. The first-order valence-electron chi connectivity index (χ1n) is 12.4. The van der Waals surface area contributed by atoms with E-state index in [0.29, 0.717) is 41.7 Å². The smallest absolute Gasteiger partial charge is 0.343 e. The van der Waals surface area contributed by atoms with Crippen LogP contribution in [-0.2, 0) is 20.9 Å². The van der Waals surface area contributed by atoms with Crippen LogP contribution in [0.15, 0.2) is 66.6 Å². The topological polar surface area (TPSA) is 57.6 Å². The second-order valence-electron chi connectivity index (χ2n) is 9.77. The molecule has 0 amide bonds. The predicted molar refractivity (Wildman–Crippen MR) is 140 cm³/mol. The highest BCUT2D eigenvalue weighted by Gasteiger charge is 2.52. The molecular weight excluding hydrogens is 474 g/mol. The summed E-state index contributed by atoms with van der Waals surface area (Å²) in [5, 5.41) is 0.400. The Morgan fingerprint density at radius 1 is 1.03 bits per heavy atom. The first kappa shape index (κ1) is 24.4. The van der Waals surface area contributed by atoms with E-state index in [1.165, 1.54) is 0 Å². The van der Waals surface area contributed by atoms with Gasteiger partial charge in [-0.3, -0.25) is 0 Å². The van der Waals surface area contributed by atoms with Gasteiger partial charge in [0.15, 0.2) is 11.4 Å². The molecule has 2 aromatic carbocycles. The number of halogens is 1. The van der Waals surface area contributed by atoms with E-state index in [2.05, 4.69) is 24.0 Å². The van der Waals surface area contributed by atoms with Crippen molar-refractivity contribution < 1.29 is 19.0 Å². The third-order valence-corrected chi connectivity index (χ3v) is 7.23. The van der Waals surface area contributed by atoms with Crippen LogP contribution in [0.2, 0.25) is 5.15 Å². The number of aromatic nitrogens is 1. The molecule has 0 N–H and O–H groups in total. The second-order valence-corrected chi connectivity index (χ2v) is 10.2. The molecule has 1 aromatic heterocycles. The van der Waals surface area contributed by atoms with Gasteiger partial charge in [-0.2, -0.15) is 0 Å². The minimum atomic E-state index is -0.791. The minimum Gasteiger partial charge on any atom is -0.490 e. The normalized spacial score (nSPS) is 21.6. The van der Waals surface area contributed by atoms with Gasteiger partial charge in [-0.05, 0) is 74.8 Å². The Labute approximate surface area is 217 Å². The molecule has 1 spiro atoms. The molecule has 0 saturated heterocycles. The number of benzene rings is 2. The Morgan fingerprint density at radius 2 is 1.72 bits per heavy atom. The van der Waals surface area contributed by atoms with E-state index in [-0.39, 0.29) is 12.1 Å². The zero-order valence-corrected chi connectivity index (χ0v) is 21.6. The molecule has 2 aliphatic rings. The number of hydrogen-bond donors (Lipinski definition) is 0. The maximum Gasteiger partial charge on any atom is 0.343 e. The molecule has 36 heavy (non-hydrogen) atoms. The quantitative estimate of drug-likeness (QED) is 0.270. The Balaban J connectivity index is 1.47. The summed E-state index contributed by atoms with van der Waals surface area (Å²) in [6.07, 6.45) is 4.33. The van der Waals surface area contributed by atoms with Gasteiger partial charge in [-0.1, -0.05) is 59.6 Å². The molecule has 0 radical (unpaired) electrons. The van der Waals surface area contributed by atoms with Crippen molar-refractivity contribution in [2.75, 3.05) is 0 Å². The van der Waals surface area contributed by atoms with E-state index in [9.17, 15) is 4.79 Å². The Morgan fingerprint density at radius 3 is 2.39 bits per heavy atom. The van der Waals surface area contributed by atoms with Gasteiger partial charge >= 0.3 is 5.97 Å². The van der Waals surface area contributed by atoms with E-state index >= 15 is 0 Å². The van der Waals surface area contributed by atoms with Crippen LogP contribution in [0, 0.1) is 20.8 Å². The summed E-state index contributed by atoms with van der Waals surface area (Å²) in [6.45, 7) is 6.52. The van der Waals surface area contributed by atoms with Gasteiger partial charge in [0.25, 0.3) is 0 Å². The molecule has 1 saturated carbocycles. The van der Waals surface area contributed by atoms with Crippen molar-refractivity contribution in [3.63, 3.8) is 0 Å². The molecule has 0 bridgehead atoms. The van der Waals surface area contributed by atoms with Gasteiger partial charge in [0, 0.05) is 12.3 Å². The molecule has 0 unspecified atom stereocenters. The standard InChI is InChI=1S/C30H30ClNO4/c1-19-15-20(2)26(21(3)16-19)27-28(34-18-22-7-5-4-6-8-22)30(36-29(27)33)12-9-23(10-13-30)35-24-11-14-32-25(31)17-24/h4-8,11,14-17,23H,9-10,12-13,18H2,1-3H3/t23-,30+. The summed E-state index contributed by atoms with van der Waals surface area (Å²) in [7, 11) is 0. The van der Waals surface area contributed by atoms with Crippen LogP contribution in [0.5, 0.6) is 5.75 Å². The summed E-state index contributed by atoms with van der Waals surface area (Å²) in [5.74, 6) is 1.03. The lowest BCUT2D eigenvalue weighted by Gasteiger charge is -2.37. The van der Waals surface area contributed by atoms with E-state index in [1.54, 1.807) is 18.3 Å². The highest BCUT2D eigenvalue weighted by atomic mass is 35.5. The van der Waals surface area contributed by atoms with Crippen LogP contribution in [0.3, 0.4) is 0 Å². The molecule has 2 heterocycles. The fourth-order valence-corrected chi connectivity index (χ4v) is 5.64. The molecule has 5 rings (SSSR count). The minimum absolute atomic E-state index is 0.00457. The lowest BCUT2D eigenvalue weighted by atomic mass is 9.80. The van der Waals surface area contributed by atoms with Gasteiger partial charge < -0.3 is 14.2 Å². The molecule has 6 heteroatoms. The van der Waals surface area contributed by atoms with Crippen molar-refractivity contribution in [2.45, 2.75) is 64.8 Å². The molecule has 3 aromatic rings. The number of carbonyl (C=O) groups excluding carboxylic acids is 1. The highest BCUT2D eigenvalue weighted by molar-refractivity contribution is 6.29. The van der Waals surface area contributed by atoms with Gasteiger partial charge in [-0.15, -0.1) is 0 Å². The fraction of sp³-hybridized carbons (Fsp3) is 0.333. The van der Waals surface area contributed by atoms with Crippen molar-refractivity contribution in [1.82, 2.24) is 4.98 Å². The van der Waals surface area contributed by atoms with Gasteiger partial charge in [-0.25, -0.2) is 9.78 Å². The molecular formula is C30H30ClNO4. The number of aryl methyl sites for hydroxylation is 3. The molecule has 1 fully saturated rings. The van der Waals surface area contributed by atoms with Crippen molar-refractivity contribution >= 4 is 23.1 Å². The van der Waals surface area contributed by atoms with E-state index in [4.69, 9.17) is 25.8 Å². The Hall–Kier alpha value is -3.31. The van der Waals surface area contributed by atoms with Crippen LogP contribution in [0.4, 0.5) is 0 Å². The highest BCUT2D eigenvalue weighted by Crippen LogP contribution is 2.48. The van der Waals surface area contributed by atoms with Crippen molar-refractivity contribution in [1.29, 1.82) is 0 Å². The number of esters is 1. The van der Waals surface area contributed by atoms with Gasteiger partial charge in [0.2, 0.25) is 0 Å². The number of ether oxygens (including phenoxy) is 3. The molecule has 1 aliphatic heterocycles. The van der Waals surface area contributed by atoms with Crippen LogP contribution in [0.25, 0.3) is 5.57 Å². The summed E-state index contributed by atoms with van der Waals surface area (Å²) in [6, 6.07) is 17.7.